The van der Waals surface area contributed by atoms with E-state index in [1.165, 1.54) is 5.56 Å². The van der Waals surface area contributed by atoms with Crippen molar-refractivity contribution in [1.29, 1.82) is 0 Å². The number of hydrogen-bond donors (Lipinski definition) is 0. The van der Waals surface area contributed by atoms with Crippen molar-refractivity contribution in [2.24, 2.45) is 0 Å². The van der Waals surface area contributed by atoms with E-state index in [4.69, 9.17) is 9.47 Å². The van der Waals surface area contributed by atoms with E-state index in [0.717, 1.165) is 49.4 Å². The number of benzene rings is 3. The first-order valence-electron chi connectivity index (χ1n) is 12.6. The van der Waals surface area contributed by atoms with Crippen LogP contribution in [-0.4, -0.2) is 50.1 Å². The highest BCUT2D eigenvalue weighted by molar-refractivity contribution is 5.94. The molecular weight excluding hydrogens is 452 g/mol. The van der Waals surface area contributed by atoms with Crippen molar-refractivity contribution < 1.29 is 19.1 Å². The molecule has 0 aromatic heterocycles. The van der Waals surface area contributed by atoms with Crippen LogP contribution in [0.4, 0.5) is 5.69 Å². The highest BCUT2D eigenvalue weighted by atomic mass is 16.5. The lowest BCUT2D eigenvalue weighted by Crippen LogP contribution is -2.48. The average molecular weight is 487 g/mol. The summed E-state index contributed by atoms with van der Waals surface area (Å²) in [4.78, 5) is 29.8. The van der Waals surface area contributed by atoms with Gasteiger partial charge >= 0.3 is 5.97 Å². The van der Waals surface area contributed by atoms with Crippen LogP contribution in [0.15, 0.2) is 72.8 Å². The lowest BCUT2D eigenvalue weighted by molar-refractivity contribution is -0.133. The third-order valence-corrected chi connectivity index (χ3v) is 6.49. The molecule has 3 aromatic carbocycles. The van der Waals surface area contributed by atoms with Gasteiger partial charge in [-0.15, -0.1) is 0 Å². The van der Waals surface area contributed by atoms with Crippen LogP contribution in [-0.2, 0) is 17.6 Å². The Labute approximate surface area is 213 Å². The fraction of sp³-hybridized carbons (Fsp3) is 0.333. The van der Waals surface area contributed by atoms with Gasteiger partial charge in [0.1, 0.15) is 11.5 Å². The molecule has 1 saturated heterocycles. The van der Waals surface area contributed by atoms with Crippen molar-refractivity contribution in [2.75, 3.05) is 38.2 Å². The number of ether oxygens (including phenoxy) is 2. The van der Waals surface area contributed by atoms with Crippen LogP contribution >= 0.6 is 0 Å². The SMILES string of the molecule is CCCCc1ccc(OC(=O)Cc2cccc(C(=O)N3CCN(c4ccccc4OC)CC3)c2)cc1. The zero-order valence-corrected chi connectivity index (χ0v) is 21.1. The molecule has 6 heteroatoms. The van der Waals surface area contributed by atoms with Gasteiger partial charge < -0.3 is 19.3 Å². The van der Waals surface area contributed by atoms with Crippen molar-refractivity contribution >= 4 is 17.6 Å². The second-order valence-corrected chi connectivity index (χ2v) is 9.05. The molecule has 3 aromatic rings. The first-order chi connectivity index (χ1) is 17.6. The number of unbranched alkanes of at least 4 members (excludes halogenated alkanes) is 1. The summed E-state index contributed by atoms with van der Waals surface area (Å²) in [6.45, 7) is 4.88. The number of nitrogens with zero attached hydrogens (tertiary/aromatic N) is 2. The number of carbonyl (C=O) groups is 2. The number of anilines is 1. The minimum Gasteiger partial charge on any atom is -0.495 e. The van der Waals surface area contributed by atoms with Gasteiger partial charge in [0, 0.05) is 31.7 Å². The highest BCUT2D eigenvalue weighted by Gasteiger charge is 2.24. The Morgan fingerprint density at radius 1 is 0.861 bits per heavy atom. The van der Waals surface area contributed by atoms with Gasteiger partial charge in [0.15, 0.2) is 0 Å². The van der Waals surface area contributed by atoms with Gasteiger partial charge in [-0.1, -0.05) is 49.7 Å². The molecule has 0 spiro atoms. The van der Waals surface area contributed by atoms with Gasteiger partial charge in [-0.25, -0.2) is 0 Å². The number of hydrogen-bond acceptors (Lipinski definition) is 5. The Hall–Kier alpha value is -3.80. The molecule has 1 fully saturated rings. The largest absolute Gasteiger partial charge is 0.495 e. The summed E-state index contributed by atoms with van der Waals surface area (Å²) in [5.74, 6) is 1.02. The Morgan fingerprint density at radius 2 is 1.61 bits per heavy atom. The summed E-state index contributed by atoms with van der Waals surface area (Å²) in [5, 5.41) is 0. The second kappa shape index (κ2) is 12.2. The summed E-state index contributed by atoms with van der Waals surface area (Å²) >= 11 is 0. The zero-order valence-electron chi connectivity index (χ0n) is 21.1. The Kier molecular flexibility index (Phi) is 8.61. The van der Waals surface area contributed by atoms with Crippen molar-refractivity contribution in [1.82, 2.24) is 4.90 Å². The number of methoxy groups -OCH3 is 1. The number of rotatable bonds is 9. The fourth-order valence-corrected chi connectivity index (χ4v) is 4.48. The first-order valence-corrected chi connectivity index (χ1v) is 12.6. The number of amides is 1. The van der Waals surface area contributed by atoms with Crippen LogP contribution in [0, 0.1) is 0 Å². The van der Waals surface area contributed by atoms with E-state index < -0.39 is 0 Å². The first kappa shape index (κ1) is 25.3. The summed E-state index contributed by atoms with van der Waals surface area (Å²) in [7, 11) is 1.67. The molecular formula is C30H34N2O4. The number of para-hydroxylation sites is 2. The van der Waals surface area contributed by atoms with Crippen LogP contribution < -0.4 is 14.4 Å². The van der Waals surface area contributed by atoms with Crippen LogP contribution in [0.25, 0.3) is 0 Å². The Bertz CT molecular complexity index is 1170. The molecule has 36 heavy (non-hydrogen) atoms. The van der Waals surface area contributed by atoms with Gasteiger partial charge in [-0.3, -0.25) is 9.59 Å². The van der Waals surface area contributed by atoms with E-state index in [-0.39, 0.29) is 18.3 Å². The molecule has 1 amide bonds. The monoisotopic (exact) mass is 486 g/mol. The smallest absolute Gasteiger partial charge is 0.315 e. The summed E-state index contributed by atoms with van der Waals surface area (Å²) in [5.41, 5.74) is 3.64. The molecule has 0 bridgehead atoms. The maximum Gasteiger partial charge on any atom is 0.315 e. The summed E-state index contributed by atoms with van der Waals surface area (Å²) in [6, 6.07) is 22.9. The molecule has 0 aliphatic carbocycles. The molecule has 0 atom stereocenters. The van der Waals surface area contributed by atoms with E-state index in [1.807, 2.05) is 65.6 Å². The van der Waals surface area contributed by atoms with E-state index in [0.29, 0.717) is 24.4 Å². The third-order valence-electron chi connectivity index (χ3n) is 6.49. The van der Waals surface area contributed by atoms with Crippen LogP contribution in [0.1, 0.15) is 41.3 Å². The highest BCUT2D eigenvalue weighted by Crippen LogP contribution is 2.28. The quantitative estimate of drug-likeness (QED) is 0.309. The van der Waals surface area contributed by atoms with Crippen LogP contribution in [0.2, 0.25) is 0 Å². The van der Waals surface area contributed by atoms with Crippen molar-refractivity contribution in [3.63, 3.8) is 0 Å². The maximum absolute atomic E-state index is 13.2. The standard InChI is InChI=1S/C30H34N2O4/c1-3-4-8-23-13-15-26(16-14-23)36-29(33)22-24-9-7-10-25(21-24)30(34)32-19-17-31(18-20-32)27-11-5-6-12-28(27)35-2/h5-7,9-16,21H,3-4,8,17-20,22H2,1-2H3. The average Bonchev–Trinajstić information content (AvgIpc) is 2.92. The van der Waals surface area contributed by atoms with Gasteiger partial charge in [0.25, 0.3) is 5.91 Å². The summed E-state index contributed by atoms with van der Waals surface area (Å²) in [6.07, 6.45) is 3.43. The number of aryl methyl sites for hydroxylation is 1. The topological polar surface area (TPSA) is 59.1 Å². The molecule has 1 aliphatic heterocycles. The van der Waals surface area contributed by atoms with Gasteiger partial charge in [-0.05, 0) is 60.4 Å². The molecule has 0 N–H and O–H groups in total. The minimum atomic E-state index is -0.341. The van der Waals surface area contributed by atoms with E-state index in [9.17, 15) is 9.59 Å². The lowest BCUT2D eigenvalue weighted by Gasteiger charge is -2.36. The molecule has 0 radical (unpaired) electrons. The summed E-state index contributed by atoms with van der Waals surface area (Å²) < 4.78 is 11.0. The van der Waals surface area contributed by atoms with E-state index in [1.54, 1.807) is 19.2 Å². The van der Waals surface area contributed by atoms with Gasteiger partial charge in [0.05, 0.1) is 19.2 Å². The number of carbonyl (C=O) groups excluding carboxylic acids is 2. The molecule has 6 nitrogen and oxygen atoms in total. The van der Waals surface area contributed by atoms with E-state index in [2.05, 4.69) is 11.8 Å². The van der Waals surface area contributed by atoms with Gasteiger partial charge in [-0.2, -0.15) is 0 Å². The fourth-order valence-electron chi connectivity index (χ4n) is 4.48. The van der Waals surface area contributed by atoms with Crippen LogP contribution in [0.3, 0.4) is 0 Å². The predicted molar refractivity (Wildman–Crippen MR) is 142 cm³/mol. The number of piperazine rings is 1. The second-order valence-electron chi connectivity index (χ2n) is 9.05. The molecule has 0 unspecified atom stereocenters. The molecule has 1 aliphatic rings. The van der Waals surface area contributed by atoms with Crippen LogP contribution in [0.5, 0.6) is 11.5 Å². The minimum absolute atomic E-state index is 0.0208. The molecule has 1 heterocycles. The van der Waals surface area contributed by atoms with Crippen molar-refractivity contribution in [2.45, 2.75) is 32.6 Å². The van der Waals surface area contributed by atoms with E-state index >= 15 is 0 Å². The Balaban J connectivity index is 1.32. The zero-order chi connectivity index (χ0) is 25.3. The number of esters is 1. The van der Waals surface area contributed by atoms with Gasteiger partial charge in [0.2, 0.25) is 0 Å². The molecule has 0 saturated carbocycles. The molecule has 4 rings (SSSR count). The Morgan fingerprint density at radius 3 is 2.33 bits per heavy atom. The third kappa shape index (κ3) is 6.45. The lowest BCUT2D eigenvalue weighted by atomic mass is 10.1. The van der Waals surface area contributed by atoms with Crippen molar-refractivity contribution in [3.8, 4) is 11.5 Å². The predicted octanol–water partition coefficient (Wildman–Crippen LogP) is 5.15. The molecule has 188 valence electrons. The normalized spacial score (nSPS) is 13.4. The maximum atomic E-state index is 13.2. The van der Waals surface area contributed by atoms with Crippen molar-refractivity contribution in [3.05, 3.63) is 89.5 Å².